The van der Waals surface area contributed by atoms with E-state index < -0.39 is 36.4 Å². The highest BCUT2D eigenvalue weighted by Crippen LogP contribution is 2.27. The van der Waals surface area contributed by atoms with Crippen LogP contribution in [0.2, 0.25) is 0 Å². The summed E-state index contributed by atoms with van der Waals surface area (Å²) in [6.07, 6.45) is -4.08. The highest BCUT2D eigenvalue weighted by molar-refractivity contribution is 5.99. The number of fused-ring (bicyclic) bond motifs is 1. The topological polar surface area (TPSA) is 155 Å². The minimum absolute atomic E-state index is 0.00453. The Hall–Kier alpha value is -3.99. The van der Waals surface area contributed by atoms with Crippen molar-refractivity contribution in [3.63, 3.8) is 0 Å². The number of nitriles is 1. The van der Waals surface area contributed by atoms with Crippen molar-refractivity contribution in [1.29, 1.82) is 5.26 Å². The molecule has 2 atom stereocenters. The molecular weight excluding hydrogens is 472 g/mol. The third-order valence-electron chi connectivity index (χ3n) is 5.12. The number of halogens is 4. The molecule has 0 saturated carbocycles. The molecule has 14 heteroatoms. The molecule has 0 aliphatic heterocycles. The number of nitrogen functional groups attached to an aromatic ring is 1. The van der Waals surface area contributed by atoms with Gasteiger partial charge in [-0.3, -0.25) is 4.79 Å². The fourth-order valence-corrected chi connectivity index (χ4v) is 2.93. The van der Waals surface area contributed by atoms with Crippen molar-refractivity contribution in [2.45, 2.75) is 44.8 Å². The van der Waals surface area contributed by atoms with Crippen LogP contribution in [0.15, 0.2) is 24.5 Å². The number of anilines is 2. The lowest BCUT2D eigenvalue weighted by Gasteiger charge is -2.23. The standard InChI is InChI=1S/C21H22F4N8O2/c1-10(21(23,24)25)31-14-5-16(28-8-13(14)19(34)29-9-15(22)20(2,3)35)33-18-12(7-30-33)4-11(6-26)17(27)32-18/h4-5,7-8,10,15,35H,9H2,1-3H3,(H2,27,32)(H,28,31)(H,29,34)/t10?,15-/m1/s1. The number of carbonyl (C=O) groups excluding carboxylic acids is 1. The summed E-state index contributed by atoms with van der Waals surface area (Å²) in [6.45, 7) is 2.72. The van der Waals surface area contributed by atoms with Gasteiger partial charge in [0.2, 0.25) is 0 Å². The number of carbonyl (C=O) groups is 1. The van der Waals surface area contributed by atoms with Crippen LogP contribution in [-0.4, -0.2) is 61.3 Å². The molecule has 0 aromatic carbocycles. The molecule has 186 valence electrons. The highest BCUT2D eigenvalue weighted by Gasteiger charge is 2.37. The van der Waals surface area contributed by atoms with Crippen LogP contribution in [-0.2, 0) is 0 Å². The molecule has 0 aliphatic rings. The van der Waals surface area contributed by atoms with Gasteiger partial charge < -0.3 is 21.5 Å². The Morgan fingerprint density at radius 3 is 2.60 bits per heavy atom. The zero-order valence-corrected chi connectivity index (χ0v) is 18.9. The molecule has 10 nitrogen and oxygen atoms in total. The number of rotatable bonds is 7. The molecule has 0 spiro atoms. The smallest absolute Gasteiger partial charge is 0.387 e. The Balaban J connectivity index is 2.02. The quantitative estimate of drug-likeness (QED) is 0.365. The first-order valence-electron chi connectivity index (χ1n) is 10.2. The van der Waals surface area contributed by atoms with Crippen LogP contribution in [0.25, 0.3) is 16.9 Å². The predicted molar refractivity (Wildman–Crippen MR) is 118 cm³/mol. The van der Waals surface area contributed by atoms with Crippen molar-refractivity contribution in [3.05, 3.63) is 35.7 Å². The number of aliphatic hydroxyl groups is 1. The lowest BCUT2D eigenvalue weighted by molar-refractivity contribution is -0.138. The second-order valence-corrected chi connectivity index (χ2v) is 8.33. The maximum Gasteiger partial charge on any atom is 0.408 e. The average molecular weight is 494 g/mol. The highest BCUT2D eigenvalue weighted by atomic mass is 19.4. The van der Waals surface area contributed by atoms with E-state index in [2.05, 4.69) is 25.7 Å². The van der Waals surface area contributed by atoms with Crippen molar-refractivity contribution < 1.29 is 27.5 Å². The fourth-order valence-electron chi connectivity index (χ4n) is 2.93. The summed E-state index contributed by atoms with van der Waals surface area (Å²) in [5.74, 6) is -0.974. The van der Waals surface area contributed by atoms with Gasteiger partial charge >= 0.3 is 6.18 Å². The monoisotopic (exact) mass is 494 g/mol. The van der Waals surface area contributed by atoms with Gasteiger partial charge in [0.15, 0.2) is 11.5 Å². The summed E-state index contributed by atoms with van der Waals surface area (Å²) in [4.78, 5) is 20.9. The van der Waals surface area contributed by atoms with Crippen molar-refractivity contribution in [2.24, 2.45) is 0 Å². The number of nitrogens with zero attached hydrogens (tertiary/aromatic N) is 5. The predicted octanol–water partition coefficient (Wildman–Crippen LogP) is 2.47. The van der Waals surface area contributed by atoms with Crippen LogP contribution >= 0.6 is 0 Å². The average Bonchev–Trinajstić information content (AvgIpc) is 3.17. The second-order valence-electron chi connectivity index (χ2n) is 8.33. The van der Waals surface area contributed by atoms with E-state index in [9.17, 15) is 27.5 Å². The molecule has 35 heavy (non-hydrogen) atoms. The normalized spacial score (nSPS) is 13.8. The van der Waals surface area contributed by atoms with E-state index >= 15 is 0 Å². The van der Waals surface area contributed by atoms with Crippen molar-refractivity contribution in [1.82, 2.24) is 25.1 Å². The molecule has 0 bridgehead atoms. The Morgan fingerprint density at radius 1 is 1.31 bits per heavy atom. The van der Waals surface area contributed by atoms with Crippen LogP contribution < -0.4 is 16.4 Å². The largest absolute Gasteiger partial charge is 0.408 e. The van der Waals surface area contributed by atoms with Gasteiger partial charge in [0, 0.05) is 17.6 Å². The molecule has 1 amide bonds. The summed E-state index contributed by atoms with van der Waals surface area (Å²) < 4.78 is 54.9. The minimum Gasteiger partial charge on any atom is -0.387 e. The van der Waals surface area contributed by atoms with Crippen LogP contribution in [0.4, 0.5) is 29.1 Å². The molecule has 3 rings (SSSR count). The van der Waals surface area contributed by atoms with Gasteiger partial charge in [-0.25, -0.2) is 14.4 Å². The first kappa shape index (κ1) is 25.6. The molecule has 3 aromatic rings. The maximum atomic E-state index is 14.0. The number of hydrogen-bond donors (Lipinski definition) is 4. The van der Waals surface area contributed by atoms with Gasteiger partial charge in [0.1, 0.15) is 24.1 Å². The van der Waals surface area contributed by atoms with Gasteiger partial charge in [0.05, 0.1) is 35.2 Å². The van der Waals surface area contributed by atoms with Gasteiger partial charge in [-0.2, -0.15) is 28.2 Å². The molecule has 3 aromatic heterocycles. The SMILES string of the molecule is CC(Nc1cc(-n2ncc3cc(C#N)c(N)nc32)ncc1C(=O)NC[C@@H](F)C(C)(C)O)C(F)(F)F. The molecule has 1 unspecified atom stereocenters. The number of hydrogen-bond acceptors (Lipinski definition) is 8. The van der Waals surface area contributed by atoms with E-state index in [4.69, 9.17) is 11.0 Å². The van der Waals surface area contributed by atoms with Crippen molar-refractivity contribution in [2.75, 3.05) is 17.6 Å². The molecule has 0 fully saturated rings. The van der Waals surface area contributed by atoms with E-state index in [-0.39, 0.29) is 34.1 Å². The van der Waals surface area contributed by atoms with E-state index in [0.29, 0.717) is 5.39 Å². The van der Waals surface area contributed by atoms with Crippen LogP contribution in [0.5, 0.6) is 0 Å². The Bertz CT molecular complexity index is 1290. The van der Waals surface area contributed by atoms with Gasteiger partial charge in [-0.15, -0.1) is 0 Å². The van der Waals surface area contributed by atoms with E-state index in [1.165, 1.54) is 30.8 Å². The van der Waals surface area contributed by atoms with E-state index in [1.54, 1.807) is 0 Å². The minimum atomic E-state index is -4.63. The first-order valence-corrected chi connectivity index (χ1v) is 10.2. The van der Waals surface area contributed by atoms with Gasteiger partial charge in [-0.1, -0.05) is 0 Å². The van der Waals surface area contributed by atoms with Crippen LogP contribution in [0.3, 0.4) is 0 Å². The van der Waals surface area contributed by atoms with Gasteiger partial charge in [-0.05, 0) is 26.8 Å². The summed E-state index contributed by atoms with van der Waals surface area (Å²) in [5, 5.41) is 27.8. The molecule has 0 radical (unpaired) electrons. The van der Waals surface area contributed by atoms with E-state index in [1.807, 2.05) is 6.07 Å². The lowest BCUT2D eigenvalue weighted by Crippen LogP contribution is -2.42. The van der Waals surface area contributed by atoms with Crippen molar-refractivity contribution in [3.8, 4) is 11.9 Å². The summed E-state index contributed by atoms with van der Waals surface area (Å²) >= 11 is 0. The molecule has 0 saturated heterocycles. The molecule has 0 aliphatic carbocycles. The first-order chi connectivity index (χ1) is 16.2. The van der Waals surface area contributed by atoms with Crippen molar-refractivity contribution >= 4 is 28.4 Å². The summed E-state index contributed by atoms with van der Waals surface area (Å²) in [7, 11) is 0. The Morgan fingerprint density at radius 2 is 2.00 bits per heavy atom. The lowest BCUT2D eigenvalue weighted by atomic mass is 10.0. The number of alkyl halides is 4. The Labute approximate surface area is 196 Å². The maximum absolute atomic E-state index is 14.0. The molecule has 5 N–H and O–H groups in total. The fraction of sp³-hybridized carbons (Fsp3) is 0.381. The Kier molecular flexibility index (Phi) is 6.84. The van der Waals surface area contributed by atoms with Crippen LogP contribution in [0.1, 0.15) is 36.7 Å². The van der Waals surface area contributed by atoms with Gasteiger partial charge in [0.25, 0.3) is 5.91 Å². The molecular formula is C21H22F4N8O2. The third-order valence-corrected chi connectivity index (χ3v) is 5.12. The summed E-state index contributed by atoms with van der Waals surface area (Å²) in [5.41, 5.74) is 3.80. The summed E-state index contributed by atoms with van der Waals surface area (Å²) in [6, 6.07) is 2.44. The number of pyridine rings is 2. The van der Waals surface area contributed by atoms with E-state index in [0.717, 1.165) is 19.2 Å². The van der Waals surface area contributed by atoms with Crippen LogP contribution in [0, 0.1) is 11.3 Å². The zero-order valence-electron chi connectivity index (χ0n) is 18.9. The zero-order chi connectivity index (χ0) is 26.1. The number of nitrogens with two attached hydrogens (primary N) is 1. The number of nitrogens with one attached hydrogen (secondary N) is 2. The number of amides is 1. The second kappa shape index (κ2) is 9.34. The third kappa shape index (κ3) is 5.57. The molecule has 3 heterocycles. The number of aromatic nitrogens is 4.